The summed E-state index contributed by atoms with van der Waals surface area (Å²) in [6, 6.07) is 11.0. The molecule has 2 aromatic heterocycles. The van der Waals surface area contributed by atoms with Crippen LogP contribution in [0.3, 0.4) is 0 Å². The maximum absolute atomic E-state index is 5.02. The predicted molar refractivity (Wildman–Crippen MR) is 103 cm³/mol. The van der Waals surface area contributed by atoms with Crippen molar-refractivity contribution in [3.8, 4) is 11.3 Å². The van der Waals surface area contributed by atoms with Gasteiger partial charge >= 0.3 is 0 Å². The van der Waals surface area contributed by atoms with Crippen LogP contribution >= 0.6 is 0 Å². The molecule has 0 aliphatic carbocycles. The van der Waals surface area contributed by atoms with Crippen LogP contribution in [0.25, 0.3) is 16.9 Å². The van der Waals surface area contributed by atoms with Crippen LogP contribution in [0, 0.1) is 20.8 Å². The minimum atomic E-state index is 0.939. The lowest BCUT2D eigenvalue weighted by atomic mass is 10.0. The molecule has 4 nitrogen and oxygen atoms in total. The molecule has 4 rings (SSSR count). The summed E-state index contributed by atoms with van der Waals surface area (Å²) in [5, 5.41) is 3.44. The number of aromatic nitrogens is 2. The van der Waals surface area contributed by atoms with Crippen LogP contribution in [0.1, 0.15) is 22.4 Å². The normalized spacial score (nSPS) is 15.8. The number of nitrogens with one attached hydrogen (secondary N) is 1. The molecule has 130 valence electrons. The molecule has 0 atom stereocenters. The fourth-order valence-electron chi connectivity index (χ4n) is 3.72. The summed E-state index contributed by atoms with van der Waals surface area (Å²) in [7, 11) is 0. The van der Waals surface area contributed by atoms with Crippen molar-refractivity contribution in [1.29, 1.82) is 0 Å². The van der Waals surface area contributed by atoms with Crippen LogP contribution in [-0.4, -0.2) is 40.5 Å². The number of piperazine rings is 1. The highest BCUT2D eigenvalue weighted by Crippen LogP contribution is 2.29. The molecule has 1 aromatic carbocycles. The van der Waals surface area contributed by atoms with Crippen molar-refractivity contribution in [3.05, 3.63) is 58.9 Å². The first-order valence-electron chi connectivity index (χ1n) is 9.10. The van der Waals surface area contributed by atoms with Gasteiger partial charge in [-0.15, -0.1) is 0 Å². The van der Waals surface area contributed by atoms with E-state index in [1.165, 1.54) is 27.9 Å². The maximum Gasteiger partial charge on any atom is 0.137 e. The Hall–Kier alpha value is -2.17. The fraction of sp³-hybridized carbons (Fsp3) is 0.381. The molecule has 25 heavy (non-hydrogen) atoms. The van der Waals surface area contributed by atoms with Gasteiger partial charge in [0.2, 0.25) is 0 Å². The third-order valence-corrected chi connectivity index (χ3v) is 5.10. The maximum atomic E-state index is 5.02. The molecule has 0 bridgehead atoms. The second-order valence-corrected chi connectivity index (χ2v) is 7.18. The highest BCUT2D eigenvalue weighted by molar-refractivity contribution is 5.70. The van der Waals surface area contributed by atoms with Crippen molar-refractivity contribution in [1.82, 2.24) is 19.6 Å². The Labute approximate surface area is 149 Å². The van der Waals surface area contributed by atoms with E-state index in [4.69, 9.17) is 4.98 Å². The van der Waals surface area contributed by atoms with Gasteiger partial charge in [0.15, 0.2) is 0 Å². The third-order valence-electron chi connectivity index (χ3n) is 5.10. The van der Waals surface area contributed by atoms with Crippen molar-refractivity contribution in [3.63, 3.8) is 0 Å². The molecular formula is C21H26N4. The summed E-state index contributed by atoms with van der Waals surface area (Å²) in [6.45, 7) is 11.7. The van der Waals surface area contributed by atoms with E-state index in [1.54, 1.807) is 0 Å². The summed E-state index contributed by atoms with van der Waals surface area (Å²) in [6.07, 6.45) is 2.17. The van der Waals surface area contributed by atoms with Crippen molar-refractivity contribution in [2.75, 3.05) is 26.2 Å². The molecule has 0 unspecified atom stereocenters. The molecule has 3 aromatic rings. The van der Waals surface area contributed by atoms with E-state index in [0.717, 1.165) is 44.1 Å². The first-order valence-corrected chi connectivity index (χ1v) is 9.10. The Bertz CT molecular complexity index is 904. The number of imidazole rings is 1. The second kappa shape index (κ2) is 6.62. The first-order chi connectivity index (χ1) is 12.1. The predicted octanol–water partition coefficient (Wildman–Crippen LogP) is 3.33. The smallest absolute Gasteiger partial charge is 0.137 e. The molecule has 0 amide bonds. The summed E-state index contributed by atoms with van der Waals surface area (Å²) >= 11 is 0. The average Bonchev–Trinajstić information content (AvgIpc) is 2.93. The van der Waals surface area contributed by atoms with Crippen molar-refractivity contribution < 1.29 is 0 Å². The Kier molecular flexibility index (Phi) is 4.32. The van der Waals surface area contributed by atoms with Gasteiger partial charge in [0.05, 0.1) is 11.4 Å². The number of benzene rings is 1. The van der Waals surface area contributed by atoms with Gasteiger partial charge in [0.1, 0.15) is 5.65 Å². The molecule has 1 saturated heterocycles. The van der Waals surface area contributed by atoms with E-state index in [0.29, 0.717) is 0 Å². The number of nitrogens with zero attached hydrogens (tertiary/aromatic N) is 3. The Morgan fingerprint density at radius 1 is 1.00 bits per heavy atom. The van der Waals surface area contributed by atoms with Gasteiger partial charge in [-0.25, -0.2) is 4.98 Å². The van der Waals surface area contributed by atoms with E-state index in [1.807, 2.05) is 0 Å². The zero-order chi connectivity index (χ0) is 17.4. The molecule has 4 heteroatoms. The monoisotopic (exact) mass is 334 g/mol. The number of aryl methyl sites for hydroxylation is 3. The molecule has 1 aliphatic rings. The van der Waals surface area contributed by atoms with E-state index >= 15 is 0 Å². The second-order valence-electron chi connectivity index (χ2n) is 7.18. The standard InChI is InChI=1S/C21H26N4/c1-15-4-5-18(17(3)12-15)21-19(14-24-10-7-22-8-11-24)25-9-6-16(2)13-20(25)23-21/h4-6,9,12-13,22H,7-8,10-11,14H2,1-3H3. The number of fused-ring (bicyclic) bond motifs is 1. The SMILES string of the molecule is Cc1ccc(-c2nc3cc(C)ccn3c2CN2CCNCC2)c(C)c1. The lowest BCUT2D eigenvalue weighted by Crippen LogP contribution is -2.43. The number of rotatable bonds is 3. The molecule has 0 spiro atoms. The lowest BCUT2D eigenvalue weighted by Gasteiger charge is -2.27. The van der Waals surface area contributed by atoms with Crippen LogP contribution in [0.15, 0.2) is 36.5 Å². The minimum Gasteiger partial charge on any atom is -0.314 e. The van der Waals surface area contributed by atoms with Crippen molar-refractivity contribution in [2.24, 2.45) is 0 Å². The Morgan fingerprint density at radius 2 is 1.76 bits per heavy atom. The molecule has 3 heterocycles. The van der Waals surface area contributed by atoms with Crippen LogP contribution in [0.2, 0.25) is 0 Å². The topological polar surface area (TPSA) is 32.6 Å². The summed E-state index contributed by atoms with van der Waals surface area (Å²) in [5.74, 6) is 0. The Balaban J connectivity index is 1.85. The zero-order valence-corrected chi connectivity index (χ0v) is 15.3. The molecule has 0 saturated carbocycles. The molecule has 1 fully saturated rings. The average molecular weight is 334 g/mol. The van der Waals surface area contributed by atoms with Crippen LogP contribution in [0.4, 0.5) is 0 Å². The highest BCUT2D eigenvalue weighted by Gasteiger charge is 2.19. The van der Waals surface area contributed by atoms with Gasteiger partial charge < -0.3 is 9.72 Å². The zero-order valence-electron chi connectivity index (χ0n) is 15.3. The number of hydrogen-bond donors (Lipinski definition) is 1. The molecule has 0 radical (unpaired) electrons. The highest BCUT2D eigenvalue weighted by atomic mass is 15.2. The molecule has 1 aliphatic heterocycles. The van der Waals surface area contributed by atoms with Crippen LogP contribution in [-0.2, 0) is 6.54 Å². The summed E-state index contributed by atoms with van der Waals surface area (Å²) in [5.41, 5.74) is 8.55. The number of hydrogen-bond acceptors (Lipinski definition) is 3. The van der Waals surface area contributed by atoms with Crippen molar-refractivity contribution >= 4 is 5.65 Å². The van der Waals surface area contributed by atoms with Gasteiger partial charge in [-0.3, -0.25) is 4.90 Å². The van der Waals surface area contributed by atoms with Gasteiger partial charge in [-0.1, -0.05) is 23.8 Å². The van der Waals surface area contributed by atoms with Crippen LogP contribution in [0.5, 0.6) is 0 Å². The lowest BCUT2D eigenvalue weighted by molar-refractivity contribution is 0.230. The molecular weight excluding hydrogens is 308 g/mol. The van der Waals surface area contributed by atoms with E-state index in [2.05, 4.69) is 71.9 Å². The van der Waals surface area contributed by atoms with E-state index in [9.17, 15) is 0 Å². The largest absolute Gasteiger partial charge is 0.314 e. The quantitative estimate of drug-likeness (QED) is 0.797. The minimum absolute atomic E-state index is 0.939. The van der Waals surface area contributed by atoms with E-state index < -0.39 is 0 Å². The number of pyridine rings is 1. The summed E-state index contributed by atoms with van der Waals surface area (Å²) in [4.78, 5) is 7.54. The van der Waals surface area contributed by atoms with Gasteiger partial charge in [0.25, 0.3) is 0 Å². The van der Waals surface area contributed by atoms with Crippen molar-refractivity contribution in [2.45, 2.75) is 27.3 Å². The third kappa shape index (κ3) is 3.20. The van der Waals surface area contributed by atoms with Gasteiger partial charge in [0, 0.05) is 44.5 Å². The molecule has 1 N–H and O–H groups in total. The Morgan fingerprint density at radius 3 is 2.52 bits per heavy atom. The first kappa shape index (κ1) is 16.3. The van der Waals surface area contributed by atoms with Gasteiger partial charge in [-0.2, -0.15) is 0 Å². The van der Waals surface area contributed by atoms with Crippen LogP contribution < -0.4 is 5.32 Å². The van der Waals surface area contributed by atoms with Gasteiger partial charge in [-0.05, 0) is 44.0 Å². The fourth-order valence-corrected chi connectivity index (χ4v) is 3.72. The summed E-state index contributed by atoms with van der Waals surface area (Å²) < 4.78 is 2.27. The van der Waals surface area contributed by atoms with E-state index in [-0.39, 0.29) is 0 Å².